The monoisotopic (exact) mass is 330 g/mol. The van der Waals surface area contributed by atoms with E-state index >= 15 is 0 Å². The molecule has 4 heteroatoms. The van der Waals surface area contributed by atoms with Crippen LogP contribution >= 0.6 is 0 Å². The average molecular weight is 330 g/mol. The van der Waals surface area contributed by atoms with Crippen LogP contribution in [0.2, 0.25) is 0 Å². The fourth-order valence-electron chi connectivity index (χ4n) is 3.29. The van der Waals surface area contributed by atoms with Crippen LogP contribution in [0.15, 0.2) is 54.6 Å². The summed E-state index contributed by atoms with van der Waals surface area (Å²) in [6.45, 7) is 5.99. The average Bonchev–Trinajstić information content (AvgIpc) is 2.63. The van der Waals surface area contributed by atoms with Gasteiger partial charge in [-0.15, -0.1) is 0 Å². The molecule has 0 amide bonds. The van der Waals surface area contributed by atoms with Crippen molar-refractivity contribution in [2.75, 3.05) is 16.8 Å². The van der Waals surface area contributed by atoms with Gasteiger partial charge in [0.2, 0.25) is 5.95 Å². The first-order valence-electron chi connectivity index (χ1n) is 8.69. The summed E-state index contributed by atoms with van der Waals surface area (Å²) in [5, 5.41) is 3.36. The first-order valence-corrected chi connectivity index (χ1v) is 8.69. The SMILES string of the molecule is Cc1cc(N2CCc3ccccc3C2)nc(Nc2ccccc2C)n1. The number of aromatic nitrogens is 2. The highest BCUT2D eigenvalue weighted by atomic mass is 15.2. The van der Waals surface area contributed by atoms with E-state index in [0.717, 1.165) is 36.7 Å². The number of rotatable bonds is 3. The summed E-state index contributed by atoms with van der Waals surface area (Å²) < 4.78 is 0. The number of fused-ring (bicyclic) bond motifs is 1. The molecule has 0 radical (unpaired) electrons. The smallest absolute Gasteiger partial charge is 0.229 e. The Kier molecular flexibility index (Phi) is 4.10. The summed E-state index contributed by atoms with van der Waals surface area (Å²) in [5.74, 6) is 1.64. The lowest BCUT2D eigenvalue weighted by atomic mass is 10.00. The van der Waals surface area contributed by atoms with E-state index < -0.39 is 0 Å². The molecule has 0 saturated heterocycles. The van der Waals surface area contributed by atoms with E-state index in [4.69, 9.17) is 4.98 Å². The zero-order valence-electron chi connectivity index (χ0n) is 14.7. The van der Waals surface area contributed by atoms with Gasteiger partial charge >= 0.3 is 0 Å². The van der Waals surface area contributed by atoms with Gasteiger partial charge in [-0.1, -0.05) is 42.5 Å². The second-order valence-electron chi connectivity index (χ2n) is 6.57. The Morgan fingerprint density at radius 2 is 1.68 bits per heavy atom. The molecular weight excluding hydrogens is 308 g/mol. The summed E-state index contributed by atoms with van der Waals surface area (Å²) in [4.78, 5) is 11.7. The Morgan fingerprint density at radius 3 is 2.52 bits per heavy atom. The van der Waals surface area contributed by atoms with Crippen molar-refractivity contribution in [1.29, 1.82) is 0 Å². The van der Waals surface area contributed by atoms with Crippen molar-refractivity contribution in [2.24, 2.45) is 0 Å². The number of aryl methyl sites for hydroxylation is 2. The molecule has 2 heterocycles. The molecule has 1 aliphatic rings. The van der Waals surface area contributed by atoms with Gasteiger partial charge in [-0.2, -0.15) is 4.98 Å². The number of benzene rings is 2. The van der Waals surface area contributed by atoms with Crippen molar-refractivity contribution < 1.29 is 0 Å². The van der Waals surface area contributed by atoms with E-state index in [9.17, 15) is 0 Å². The zero-order valence-corrected chi connectivity index (χ0v) is 14.7. The number of para-hydroxylation sites is 1. The Morgan fingerprint density at radius 1 is 0.920 bits per heavy atom. The van der Waals surface area contributed by atoms with Crippen molar-refractivity contribution in [2.45, 2.75) is 26.8 Å². The highest BCUT2D eigenvalue weighted by molar-refractivity contribution is 5.59. The van der Waals surface area contributed by atoms with Gasteiger partial charge in [0.05, 0.1) is 0 Å². The molecule has 1 N–H and O–H groups in total. The van der Waals surface area contributed by atoms with E-state index in [1.54, 1.807) is 0 Å². The number of anilines is 3. The summed E-state index contributed by atoms with van der Waals surface area (Å²) in [6, 6.07) is 18.9. The Bertz CT molecular complexity index is 904. The van der Waals surface area contributed by atoms with Crippen molar-refractivity contribution in [1.82, 2.24) is 9.97 Å². The van der Waals surface area contributed by atoms with Crippen LogP contribution in [0.3, 0.4) is 0 Å². The topological polar surface area (TPSA) is 41.1 Å². The van der Waals surface area contributed by atoms with Gasteiger partial charge in [0.1, 0.15) is 5.82 Å². The summed E-state index contributed by atoms with van der Waals surface area (Å²) in [5.41, 5.74) is 6.03. The molecule has 0 bridgehead atoms. The summed E-state index contributed by atoms with van der Waals surface area (Å²) >= 11 is 0. The summed E-state index contributed by atoms with van der Waals surface area (Å²) in [6.07, 6.45) is 1.06. The maximum atomic E-state index is 4.77. The van der Waals surface area contributed by atoms with Crippen LogP contribution in [-0.4, -0.2) is 16.5 Å². The zero-order chi connectivity index (χ0) is 17.2. The molecule has 1 aromatic heterocycles. The summed E-state index contributed by atoms with van der Waals surface area (Å²) in [7, 11) is 0. The fourth-order valence-corrected chi connectivity index (χ4v) is 3.29. The molecule has 25 heavy (non-hydrogen) atoms. The van der Waals surface area contributed by atoms with Crippen LogP contribution in [0.25, 0.3) is 0 Å². The van der Waals surface area contributed by atoms with Gasteiger partial charge in [0.25, 0.3) is 0 Å². The third-order valence-corrected chi connectivity index (χ3v) is 4.69. The molecule has 126 valence electrons. The molecule has 0 saturated carbocycles. The number of nitrogens with one attached hydrogen (secondary N) is 1. The molecule has 2 aromatic carbocycles. The molecule has 3 aromatic rings. The van der Waals surface area contributed by atoms with Crippen LogP contribution in [0.5, 0.6) is 0 Å². The molecule has 0 unspecified atom stereocenters. The van der Waals surface area contributed by atoms with Crippen LogP contribution in [0.1, 0.15) is 22.4 Å². The largest absolute Gasteiger partial charge is 0.352 e. The van der Waals surface area contributed by atoms with Crippen LogP contribution in [-0.2, 0) is 13.0 Å². The third-order valence-electron chi connectivity index (χ3n) is 4.69. The minimum absolute atomic E-state index is 0.656. The van der Waals surface area contributed by atoms with E-state index in [1.165, 1.54) is 16.7 Å². The lowest BCUT2D eigenvalue weighted by Gasteiger charge is -2.30. The number of hydrogen-bond acceptors (Lipinski definition) is 4. The van der Waals surface area contributed by atoms with Gasteiger partial charge in [0, 0.05) is 30.5 Å². The van der Waals surface area contributed by atoms with Crippen LogP contribution < -0.4 is 10.2 Å². The van der Waals surface area contributed by atoms with Gasteiger partial charge in [-0.3, -0.25) is 0 Å². The highest BCUT2D eigenvalue weighted by Gasteiger charge is 2.18. The van der Waals surface area contributed by atoms with Crippen LogP contribution in [0.4, 0.5) is 17.5 Å². The third kappa shape index (κ3) is 3.33. The lowest BCUT2D eigenvalue weighted by Crippen LogP contribution is -2.31. The number of hydrogen-bond donors (Lipinski definition) is 1. The molecule has 1 aliphatic heterocycles. The Balaban J connectivity index is 1.61. The second-order valence-corrected chi connectivity index (χ2v) is 6.57. The van der Waals surface area contributed by atoms with Crippen molar-refractivity contribution >= 4 is 17.5 Å². The first kappa shape index (κ1) is 15.6. The molecule has 0 spiro atoms. The fraction of sp³-hybridized carbons (Fsp3) is 0.238. The first-order chi connectivity index (χ1) is 12.2. The molecule has 0 atom stereocenters. The van der Waals surface area contributed by atoms with Gasteiger partial charge < -0.3 is 10.2 Å². The van der Waals surface area contributed by atoms with Gasteiger partial charge in [0.15, 0.2) is 0 Å². The van der Waals surface area contributed by atoms with Crippen LogP contribution in [0, 0.1) is 13.8 Å². The molecule has 0 aliphatic carbocycles. The molecule has 4 nitrogen and oxygen atoms in total. The minimum Gasteiger partial charge on any atom is -0.352 e. The predicted molar refractivity (Wildman–Crippen MR) is 102 cm³/mol. The predicted octanol–water partition coefficient (Wildman–Crippen LogP) is 4.40. The normalized spacial score (nSPS) is 13.4. The van der Waals surface area contributed by atoms with Crippen molar-refractivity contribution in [3.05, 3.63) is 77.0 Å². The molecule has 4 rings (SSSR count). The van der Waals surface area contributed by atoms with Crippen molar-refractivity contribution in [3.63, 3.8) is 0 Å². The van der Waals surface area contributed by atoms with E-state index in [2.05, 4.69) is 64.6 Å². The molecular formula is C21H22N4. The Labute approximate surface area is 148 Å². The van der Waals surface area contributed by atoms with E-state index in [-0.39, 0.29) is 0 Å². The van der Waals surface area contributed by atoms with E-state index in [0.29, 0.717) is 5.95 Å². The second kappa shape index (κ2) is 6.55. The minimum atomic E-state index is 0.656. The van der Waals surface area contributed by atoms with E-state index in [1.807, 2.05) is 19.1 Å². The number of nitrogens with zero attached hydrogens (tertiary/aromatic N) is 3. The lowest BCUT2D eigenvalue weighted by molar-refractivity contribution is 0.719. The van der Waals surface area contributed by atoms with Gasteiger partial charge in [-0.25, -0.2) is 4.98 Å². The maximum absolute atomic E-state index is 4.77. The molecule has 0 fully saturated rings. The highest BCUT2D eigenvalue weighted by Crippen LogP contribution is 2.25. The van der Waals surface area contributed by atoms with Crippen molar-refractivity contribution in [3.8, 4) is 0 Å². The maximum Gasteiger partial charge on any atom is 0.229 e. The standard InChI is InChI=1S/C21H22N4/c1-15-7-3-6-10-19(15)23-21-22-16(2)13-20(24-21)25-12-11-17-8-4-5-9-18(17)14-25/h3-10,13H,11-12,14H2,1-2H3,(H,22,23,24). The van der Waals surface area contributed by atoms with Gasteiger partial charge in [-0.05, 0) is 43.0 Å². The quantitative estimate of drug-likeness (QED) is 0.773. The Hall–Kier alpha value is -2.88.